The zero-order valence-corrected chi connectivity index (χ0v) is 27.7. The zero-order valence-electron chi connectivity index (χ0n) is 26.9. The number of rotatable bonds is 11. The summed E-state index contributed by atoms with van der Waals surface area (Å²) in [5.41, 5.74) is 3.41. The molecule has 2 aliphatic heterocycles. The predicted octanol–water partition coefficient (Wildman–Crippen LogP) is 1.25. The summed E-state index contributed by atoms with van der Waals surface area (Å²) in [5, 5.41) is 24.8. The summed E-state index contributed by atoms with van der Waals surface area (Å²) in [6.07, 6.45) is 10.5. The minimum absolute atomic E-state index is 0.0439. The Balaban J connectivity index is 1.48. The van der Waals surface area contributed by atoms with Gasteiger partial charge in [0.1, 0.15) is 23.2 Å². The number of ketones is 1. The molecule has 2 saturated heterocycles. The van der Waals surface area contributed by atoms with Crippen molar-refractivity contribution in [3.8, 4) is 0 Å². The summed E-state index contributed by atoms with van der Waals surface area (Å²) in [6.45, 7) is 3.24. The lowest BCUT2D eigenvalue weighted by molar-refractivity contribution is -0.145. The fourth-order valence-corrected chi connectivity index (χ4v) is 8.23. The Hall–Kier alpha value is -3.85. The van der Waals surface area contributed by atoms with Gasteiger partial charge in [-0.3, -0.25) is 29.0 Å². The lowest BCUT2D eigenvalue weighted by Gasteiger charge is -2.37. The van der Waals surface area contributed by atoms with Gasteiger partial charge in [-0.25, -0.2) is 4.68 Å². The molecule has 0 bridgehead atoms. The average molecular weight is 669 g/mol. The molecule has 0 spiro atoms. The van der Waals surface area contributed by atoms with Crippen LogP contribution in [0.5, 0.6) is 0 Å². The highest BCUT2D eigenvalue weighted by molar-refractivity contribution is 7.99. The number of hydrogen-bond donors (Lipinski definition) is 4. The minimum Gasteiger partial charge on any atom is -0.384 e. The Kier molecular flexibility index (Phi) is 10.6. The molecule has 47 heavy (non-hydrogen) atoms. The molecule has 0 radical (unpaired) electrons. The number of likely N-dealkylation sites (tertiary alicyclic amines) is 1. The standard InChI is InChI=1S/C32H44N8O6S/c1-31(2,46)25-18-35-38-40(25)22-17-24(29(44)37-32(26(41)27(33)42)10-14-47-15-11-32)39(19-22)30(45)23(16-20-6-4-3-5-7-20)36-28(43)21-8-12-34-13-9-21/h8-9,12-13,18,20,22-24,46H,3-7,10-11,14-17,19H2,1-2H3,(H2,33,42)(H,36,43)(H,37,44)/t22-,23+,24-/m0/s1. The summed E-state index contributed by atoms with van der Waals surface area (Å²) in [4.78, 5) is 72.8. The molecule has 15 heteroatoms. The van der Waals surface area contributed by atoms with Crippen molar-refractivity contribution in [2.24, 2.45) is 11.7 Å². The average Bonchev–Trinajstić information content (AvgIpc) is 3.73. The Morgan fingerprint density at radius 3 is 2.43 bits per heavy atom. The number of carbonyl (C=O) groups is 5. The molecule has 2 aromatic heterocycles. The van der Waals surface area contributed by atoms with Gasteiger partial charge in [0, 0.05) is 30.9 Å². The van der Waals surface area contributed by atoms with E-state index in [1.807, 2.05) is 0 Å². The van der Waals surface area contributed by atoms with Crippen molar-refractivity contribution in [1.82, 2.24) is 35.5 Å². The summed E-state index contributed by atoms with van der Waals surface area (Å²) in [6, 6.07) is 0.602. The maximum absolute atomic E-state index is 14.6. The molecule has 3 fully saturated rings. The molecule has 5 N–H and O–H groups in total. The topological polar surface area (TPSA) is 202 Å². The van der Waals surface area contributed by atoms with Gasteiger partial charge in [-0.15, -0.1) is 5.10 Å². The number of thioether (sulfide) groups is 1. The Morgan fingerprint density at radius 2 is 1.79 bits per heavy atom. The van der Waals surface area contributed by atoms with Gasteiger partial charge in [0.15, 0.2) is 0 Å². The first kappa shape index (κ1) is 34.5. The first-order chi connectivity index (χ1) is 22.4. The van der Waals surface area contributed by atoms with Gasteiger partial charge >= 0.3 is 0 Å². The van der Waals surface area contributed by atoms with E-state index in [9.17, 15) is 29.1 Å². The van der Waals surface area contributed by atoms with E-state index in [0.29, 0.717) is 29.2 Å². The third kappa shape index (κ3) is 7.83. The number of Topliss-reactive ketones (excluding diaryl/α,β-unsaturated/α-hetero) is 1. The van der Waals surface area contributed by atoms with E-state index in [2.05, 4.69) is 25.9 Å². The minimum atomic E-state index is -1.47. The molecule has 4 amide bonds. The van der Waals surface area contributed by atoms with Gasteiger partial charge in [0.2, 0.25) is 17.6 Å². The lowest BCUT2D eigenvalue weighted by Crippen LogP contribution is -2.63. The van der Waals surface area contributed by atoms with Crippen molar-refractivity contribution < 1.29 is 29.1 Å². The number of hydrogen-bond acceptors (Lipinski definition) is 10. The van der Waals surface area contributed by atoms with Crippen molar-refractivity contribution in [3.05, 3.63) is 42.0 Å². The van der Waals surface area contributed by atoms with Crippen LogP contribution in [-0.4, -0.2) is 95.1 Å². The van der Waals surface area contributed by atoms with Crippen LogP contribution in [0, 0.1) is 5.92 Å². The van der Waals surface area contributed by atoms with Crippen LogP contribution in [0.25, 0.3) is 0 Å². The Labute approximate surface area is 278 Å². The van der Waals surface area contributed by atoms with E-state index < -0.39 is 58.7 Å². The lowest BCUT2D eigenvalue weighted by atomic mass is 9.84. The van der Waals surface area contributed by atoms with Gasteiger partial charge in [0.05, 0.1) is 17.9 Å². The van der Waals surface area contributed by atoms with Crippen molar-refractivity contribution in [3.63, 3.8) is 0 Å². The number of carbonyl (C=O) groups excluding carboxylic acids is 5. The van der Waals surface area contributed by atoms with Crippen LogP contribution >= 0.6 is 11.8 Å². The third-order valence-corrected chi connectivity index (χ3v) is 10.6. The van der Waals surface area contributed by atoms with E-state index in [-0.39, 0.29) is 31.7 Å². The maximum Gasteiger partial charge on any atom is 0.287 e. The highest BCUT2D eigenvalue weighted by Crippen LogP contribution is 2.35. The van der Waals surface area contributed by atoms with Crippen LogP contribution in [0.4, 0.5) is 0 Å². The fourth-order valence-electron chi connectivity index (χ4n) is 7.04. The molecule has 1 aliphatic carbocycles. The highest BCUT2D eigenvalue weighted by Gasteiger charge is 2.49. The van der Waals surface area contributed by atoms with Crippen molar-refractivity contribution in [2.75, 3.05) is 18.1 Å². The number of nitrogens with one attached hydrogen (secondary N) is 2. The number of amides is 4. The fraction of sp³-hybridized carbons (Fsp3) is 0.625. The van der Waals surface area contributed by atoms with Crippen LogP contribution in [-0.2, 0) is 24.8 Å². The number of nitrogens with two attached hydrogens (primary N) is 1. The predicted molar refractivity (Wildman–Crippen MR) is 173 cm³/mol. The molecular weight excluding hydrogens is 624 g/mol. The first-order valence-electron chi connectivity index (χ1n) is 16.3. The molecule has 3 atom stereocenters. The normalized spacial score (nSPS) is 22.3. The number of primary amides is 1. The molecule has 2 aromatic rings. The molecular formula is C32H44N8O6S. The smallest absolute Gasteiger partial charge is 0.287 e. The number of aliphatic hydroxyl groups is 1. The third-order valence-electron chi connectivity index (χ3n) is 9.62. The molecule has 254 valence electrons. The summed E-state index contributed by atoms with van der Waals surface area (Å²) in [7, 11) is 0. The van der Waals surface area contributed by atoms with Crippen LogP contribution in [0.2, 0.25) is 0 Å². The van der Waals surface area contributed by atoms with Gasteiger partial charge < -0.3 is 26.4 Å². The number of nitrogens with zero attached hydrogens (tertiary/aromatic N) is 5. The van der Waals surface area contributed by atoms with Crippen LogP contribution in [0.3, 0.4) is 0 Å². The maximum atomic E-state index is 14.6. The van der Waals surface area contributed by atoms with Crippen LogP contribution in [0.1, 0.15) is 93.7 Å². The second-order valence-electron chi connectivity index (χ2n) is 13.4. The molecule has 3 aliphatic rings. The number of aromatic nitrogens is 4. The Bertz CT molecular complexity index is 1470. The molecule has 5 rings (SSSR count). The van der Waals surface area contributed by atoms with Crippen molar-refractivity contribution in [1.29, 1.82) is 0 Å². The van der Waals surface area contributed by atoms with Gasteiger partial charge in [-0.2, -0.15) is 11.8 Å². The largest absolute Gasteiger partial charge is 0.384 e. The second kappa shape index (κ2) is 14.5. The highest BCUT2D eigenvalue weighted by atomic mass is 32.2. The van der Waals surface area contributed by atoms with Gasteiger partial charge in [-0.1, -0.05) is 37.3 Å². The van der Waals surface area contributed by atoms with Crippen LogP contribution < -0.4 is 16.4 Å². The molecule has 0 aromatic carbocycles. The summed E-state index contributed by atoms with van der Waals surface area (Å²) < 4.78 is 1.53. The van der Waals surface area contributed by atoms with E-state index in [1.165, 1.54) is 28.2 Å². The summed E-state index contributed by atoms with van der Waals surface area (Å²) >= 11 is 1.61. The van der Waals surface area contributed by atoms with Crippen molar-refractivity contribution >= 4 is 41.2 Å². The quantitative estimate of drug-likeness (QED) is 0.252. The second-order valence-corrected chi connectivity index (χ2v) is 14.6. The van der Waals surface area contributed by atoms with E-state index in [1.54, 1.807) is 37.7 Å². The van der Waals surface area contributed by atoms with Crippen molar-refractivity contribution in [2.45, 2.75) is 101 Å². The SMILES string of the molecule is CC(C)(O)c1cnnn1[C@H]1C[C@@H](C(=O)NC2(C(=O)C(N)=O)CCSCC2)N(C(=O)[C@@H](CC2CCCCC2)NC(=O)c2ccncc2)C1. The monoisotopic (exact) mass is 668 g/mol. The first-order valence-corrected chi connectivity index (χ1v) is 17.4. The number of pyridine rings is 1. The molecule has 4 heterocycles. The van der Waals surface area contributed by atoms with E-state index >= 15 is 0 Å². The summed E-state index contributed by atoms with van der Waals surface area (Å²) in [5.74, 6) is -2.12. The molecule has 0 unspecified atom stereocenters. The van der Waals surface area contributed by atoms with Crippen LogP contribution in [0.15, 0.2) is 30.7 Å². The van der Waals surface area contributed by atoms with E-state index in [0.717, 1.165) is 32.1 Å². The van der Waals surface area contributed by atoms with E-state index in [4.69, 9.17) is 5.73 Å². The van der Waals surface area contributed by atoms with Gasteiger partial charge in [0.25, 0.3) is 11.8 Å². The molecule has 1 saturated carbocycles. The Morgan fingerprint density at radius 1 is 1.11 bits per heavy atom. The van der Waals surface area contributed by atoms with Gasteiger partial charge in [-0.05, 0) is 62.7 Å². The molecule has 14 nitrogen and oxygen atoms in total. The zero-order chi connectivity index (χ0) is 33.8.